The van der Waals surface area contributed by atoms with E-state index in [1.807, 2.05) is 0 Å². The van der Waals surface area contributed by atoms with Crippen molar-refractivity contribution in [3.05, 3.63) is 27.0 Å². The standard InChI is InChI=1S/C5H5N5O2/c6-10-4(11)2-1-7-9-3(2)8-5(10)12/h1H,6H2,(H2,7,8,9,12). The smallest absolute Gasteiger partial charge is 0.332 e. The first-order valence-electron chi connectivity index (χ1n) is 3.13. The van der Waals surface area contributed by atoms with Gasteiger partial charge in [-0.1, -0.05) is 0 Å². The topological polar surface area (TPSA) is 110 Å². The average Bonchev–Trinajstić information content (AvgIpc) is 2.48. The number of aromatic nitrogens is 4. The van der Waals surface area contributed by atoms with Crippen molar-refractivity contribution >= 4 is 11.0 Å². The Balaban J connectivity index is 3.16. The summed E-state index contributed by atoms with van der Waals surface area (Å²) in [5.74, 6) is 5.13. The first-order valence-corrected chi connectivity index (χ1v) is 3.13. The van der Waals surface area contributed by atoms with Crippen molar-refractivity contribution < 1.29 is 0 Å². The largest absolute Gasteiger partial charge is 0.348 e. The molecule has 2 aromatic heterocycles. The average molecular weight is 167 g/mol. The molecule has 4 N–H and O–H groups in total. The van der Waals surface area contributed by atoms with Crippen LogP contribution >= 0.6 is 0 Å². The summed E-state index contributed by atoms with van der Waals surface area (Å²) < 4.78 is 0.498. The molecule has 12 heavy (non-hydrogen) atoms. The number of nitrogens with zero attached hydrogens (tertiary/aromatic N) is 2. The fourth-order valence-corrected chi connectivity index (χ4v) is 0.933. The lowest BCUT2D eigenvalue weighted by Crippen LogP contribution is -2.40. The number of rotatable bonds is 0. The van der Waals surface area contributed by atoms with E-state index in [4.69, 9.17) is 5.84 Å². The Bertz CT molecular complexity index is 532. The number of H-pyrrole nitrogens is 2. The number of hydrogen-bond donors (Lipinski definition) is 3. The summed E-state index contributed by atoms with van der Waals surface area (Å²) in [5.41, 5.74) is -0.953. The maximum atomic E-state index is 11.2. The summed E-state index contributed by atoms with van der Waals surface area (Å²) in [6.07, 6.45) is 1.30. The minimum absolute atomic E-state index is 0.261. The zero-order valence-electron chi connectivity index (χ0n) is 5.87. The molecule has 0 spiro atoms. The van der Waals surface area contributed by atoms with Crippen LogP contribution in [-0.2, 0) is 0 Å². The van der Waals surface area contributed by atoms with Crippen LogP contribution in [0.2, 0.25) is 0 Å². The lowest BCUT2D eigenvalue weighted by molar-refractivity contribution is 0.853. The first kappa shape index (κ1) is 6.65. The quantitative estimate of drug-likeness (QED) is 0.399. The molecule has 0 aliphatic rings. The van der Waals surface area contributed by atoms with Crippen LogP contribution in [0, 0.1) is 0 Å². The second kappa shape index (κ2) is 1.97. The summed E-state index contributed by atoms with van der Waals surface area (Å²) in [5, 5.41) is 6.30. The highest BCUT2D eigenvalue weighted by Crippen LogP contribution is 1.95. The molecule has 0 atom stereocenters. The third-order valence-corrected chi connectivity index (χ3v) is 1.54. The molecule has 0 aliphatic heterocycles. The summed E-state index contributed by atoms with van der Waals surface area (Å²) in [6.45, 7) is 0. The molecular formula is C5H5N5O2. The molecule has 0 unspecified atom stereocenters. The number of aromatic amines is 2. The monoisotopic (exact) mass is 167 g/mol. The Morgan fingerprint density at radius 1 is 1.50 bits per heavy atom. The Kier molecular flexibility index (Phi) is 1.09. The van der Waals surface area contributed by atoms with Gasteiger partial charge in [-0.2, -0.15) is 9.77 Å². The molecule has 0 aromatic carbocycles. The Hall–Kier alpha value is -2.05. The number of nitrogens with one attached hydrogen (secondary N) is 2. The zero-order valence-corrected chi connectivity index (χ0v) is 5.87. The Morgan fingerprint density at radius 3 is 3.00 bits per heavy atom. The highest BCUT2D eigenvalue weighted by atomic mass is 16.2. The Morgan fingerprint density at radius 2 is 2.25 bits per heavy atom. The number of nitrogens with two attached hydrogens (primary N) is 1. The maximum absolute atomic E-state index is 11.2. The van der Waals surface area contributed by atoms with Crippen molar-refractivity contribution in [1.29, 1.82) is 0 Å². The van der Waals surface area contributed by atoms with Gasteiger partial charge in [-0.25, -0.2) is 4.79 Å². The highest BCUT2D eigenvalue weighted by molar-refractivity contribution is 5.71. The number of nitrogen functional groups attached to an aromatic ring is 1. The summed E-state index contributed by atoms with van der Waals surface area (Å²) in [7, 11) is 0. The molecule has 0 amide bonds. The molecule has 62 valence electrons. The predicted octanol–water partition coefficient (Wildman–Crippen LogP) is -1.87. The molecule has 0 radical (unpaired) electrons. The lowest BCUT2D eigenvalue weighted by Gasteiger charge is -1.93. The third-order valence-electron chi connectivity index (χ3n) is 1.54. The molecule has 7 heteroatoms. The van der Waals surface area contributed by atoms with E-state index in [9.17, 15) is 9.59 Å². The summed E-state index contributed by atoms with van der Waals surface area (Å²) >= 11 is 0. The lowest BCUT2D eigenvalue weighted by atomic mass is 10.4. The van der Waals surface area contributed by atoms with Gasteiger partial charge in [0, 0.05) is 0 Å². The van der Waals surface area contributed by atoms with Crippen molar-refractivity contribution in [1.82, 2.24) is 19.9 Å². The van der Waals surface area contributed by atoms with Crippen LogP contribution in [-0.4, -0.2) is 19.9 Å². The van der Waals surface area contributed by atoms with Crippen LogP contribution in [0.4, 0.5) is 0 Å². The Labute approximate surface area is 64.8 Å². The maximum Gasteiger partial charge on any atom is 0.348 e. The van der Waals surface area contributed by atoms with Crippen molar-refractivity contribution in [3.63, 3.8) is 0 Å². The molecule has 2 aromatic rings. The molecule has 2 rings (SSSR count). The minimum atomic E-state index is -0.670. The van der Waals surface area contributed by atoms with Gasteiger partial charge in [0.25, 0.3) is 5.56 Å². The van der Waals surface area contributed by atoms with E-state index in [-0.39, 0.29) is 11.0 Å². The van der Waals surface area contributed by atoms with E-state index in [2.05, 4.69) is 15.2 Å². The van der Waals surface area contributed by atoms with Crippen LogP contribution in [0.15, 0.2) is 15.8 Å². The summed E-state index contributed by atoms with van der Waals surface area (Å²) in [4.78, 5) is 24.4. The van der Waals surface area contributed by atoms with Gasteiger partial charge in [0.2, 0.25) is 0 Å². The van der Waals surface area contributed by atoms with E-state index in [1.165, 1.54) is 6.20 Å². The molecule has 0 bridgehead atoms. The van der Waals surface area contributed by atoms with Gasteiger partial charge < -0.3 is 5.84 Å². The van der Waals surface area contributed by atoms with E-state index in [0.29, 0.717) is 4.68 Å². The van der Waals surface area contributed by atoms with Crippen LogP contribution < -0.4 is 17.1 Å². The second-order valence-electron chi connectivity index (χ2n) is 2.26. The van der Waals surface area contributed by atoms with E-state index in [1.54, 1.807) is 0 Å². The fraction of sp³-hybridized carbons (Fsp3) is 0. The van der Waals surface area contributed by atoms with Gasteiger partial charge >= 0.3 is 5.69 Å². The van der Waals surface area contributed by atoms with Gasteiger partial charge in [0.15, 0.2) is 0 Å². The van der Waals surface area contributed by atoms with Gasteiger partial charge in [0.1, 0.15) is 11.0 Å². The van der Waals surface area contributed by atoms with Crippen LogP contribution in [0.5, 0.6) is 0 Å². The number of fused-ring (bicyclic) bond motifs is 1. The van der Waals surface area contributed by atoms with Crippen molar-refractivity contribution in [2.75, 3.05) is 5.84 Å². The molecule has 0 aliphatic carbocycles. The first-order chi connectivity index (χ1) is 5.70. The van der Waals surface area contributed by atoms with Crippen molar-refractivity contribution in [3.8, 4) is 0 Å². The van der Waals surface area contributed by atoms with Gasteiger partial charge in [0.05, 0.1) is 6.20 Å². The van der Waals surface area contributed by atoms with E-state index < -0.39 is 11.2 Å². The predicted molar refractivity (Wildman–Crippen MR) is 41.1 cm³/mol. The highest BCUT2D eigenvalue weighted by Gasteiger charge is 2.04. The number of hydrogen-bond acceptors (Lipinski definition) is 4. The van der Waals surface area contributed by atoms with Gasteiger partial charge in [-0.15, -0.1) is 0 Å². The SMILES string of the molecule is Nn1c(=O)[nH]c2[nH]ncc2c1=O. The van der Waals surface area contributed by atoms with Gasteiger partial charge in [-0.05, 0) is 0 Å². The molecule has 0 saturated carbocycles. The normalized spacial score (nSPS) is 10.7. The van der Waals surface area contributed by atoms with Crippen LogP contribution in [0.3, 0.4) is 0 Å². The molecule has 2 heterocycles. The minimum Gasteiger partial charge on any atom is -0.332 e. The summed E-state index contributed by atoms with van der Waals surface area (Å²) in [6, 6.07) is 0. The van der Waals surface area contributed by atoms with Crippen LogP contribution in [0.25, 0.3) is 11.0 Å². The molecule has 0 fully saturated rings. The van der Waals surface area contributed by atoms with E-state index in [0.717, 1.165) is 0 Å². The molecule has 7 nitrogen and oxygen atoms in total. The molecular weight excluding hydrogens is 162 g/mol. The van der Waals surface area contributed by atoms with Crippen molar-refractivity contribution in [2.45, 2.75) is 0 Å². The zero-order chi connectivity index (χ0) is 8.72. The molecule has 0 saturated heterocycles. The van der Waals surface area contributed by atoms with Crippen LogP contribution in [0.1, 0.15) is 0 Å². The van der Waals surface area contributed by atoms with Gasteiger partial charge in [-0.3, -0.25) is 14.9 Å². The van der Waals surface area contributed by atoms with E-state index >= 15 is 0 Å². The van der Waals surface area contributed by atoms with Crippen molar-refractivity contribution in [2.24, 2.45) is 0 Å². The fourth-order valence-electron chi connectivity index (χ4n) is 0.933. The second-order valence-corrected chi connectivity index (χ2v) is 2.26. The third kappa shape index (κ3) is 0.669.